The van der Waals surface area contributed by atoms with E-state index in [1.54, 1.807) is 12.5 Å². The molecule has 8 nitrogen and oxygen atoms in total. The zero-order valence-corrected chi connectivity index (χ0v) is 21.6. The molecule has 2 aromatic carbocycles. The van der Waals surface area contributed by atoms with Crippen LogP contribution in [0.15, 0.2) is 65.1 Å². The number of likely N-dealkylation sites (N-methyl/N-ethyl adjacent to an activating group) is 1. The predicted octanol–water partition coefficient (Wildman–Crippen LogP) is 3.91. The lowest BCUT2D eigenvalue weighted by Crippen LogP contribution is -2.31. The Kier molecular flexibility index (Phi) is 8.51. The molecule has 35 heavy (non-hydrogen) atoms. The van der Waals surface area contributed by atoms with Gasteiger partial charge in [0.1, 0.15) is 22.3 Å². The van der Waals surface area contributed by atoms with E-state index in [1.807, 2.05) is 66.0 Å². The second kappa shape index (κ2) is 12.0. The van der Waals surface area contributed by atoms with Gasteiger partial charge in [0.15, 0.2) is 5.16 Å². The van der Waals surface area contributed by atoms with Crippen molar-refractivity contribution in [2.75, 3.05) is 34.3 Å². The molecule has 1 N–H and O–H groups in total. The van der Waals surface area contributed by atoms with Crippen LogP contribution in [0.4, 0.5) is 0 Å². The van der Waals surface area contributed by atoms with E-state index in [9.17, 15) is 4.79 Å². The van der Waals surface area contributed by atoms with Gasteiger partial charge in [0.25, 0.3) is 5.91 Å². The molecular weight excluding hydrogens is 480 g/mol. The SMILES string of the molecule is COc1ccccc1-n1c(Cc2ccccc2)nnc1SCc1nc(C(=O)NCCN(C)C)cs1. The zero-order valence-electron chi connectivity index (χ0n) is 20.0. The van der Waals surface area contributed by atoms with E-state index in [2.05, 4.69) is 32.6 Å². The number of para-hydroxylation sites is 2. The number of thioether (sulfide) groups is 1. The molecule has 0 aliphatic rings. The number of amides is 1. The Hall–Kier alpha value is -3.21. The fourth-order valence-corrected chi connectivity index (χ4v) is 5.19. The Labute approximate surface area is 213 Å². The van der Waals surface area contributed by atoms with Crippen molar-refractivity contribution in [1.29, 1.82) is 0 Å². The summed E-state index contributed by atoms with van der Waals surface area (Å²) in [5.74, 6) is 1.99. The van der Waals surface area contributed by atoms with Crippen molar-refractivity contribution >= 4 is 29.0 Å². The third kappa shape index (κ3) is 6.47. The van der Waals surface area contributed by atoms with Crippen LogP contribution < -0.4 is 10.1 Å². The third-order valence-electron chi connectivity index (χ3n) is 5.19. The standard InChI is InChI=1S/C25H28N6O2S2/c1-30(2)14-13-26-24(32)19-16-34-23(27-19)17-35-25-29-28-22(15-18-9-5-4-6-10-18)31(25)20-11-7-8-12-21(20)33-3/h4-12,16H,13-15,17H2,1-3H3,(H,26,32). The van der Waals surface area contributed by atoms with E-state index >= 15 is 0 Å². The summed E-state index contributed by atoms with van der Waals surface area (Å²) in [4.78, 5) is 18.9. The Balaban J connectivity index is 1.53. The smallest absolute Gasteiger partial charge is 0.270 e. The molecule has 0 bridgehead atoms. The van der Waals surface area contributed by atoms with Gasteiger partial charge in [-0.05, 0) is 31.8 Å². The lowest BCUT2D eigenvalue weighted by atomic mass is 10.1. The fourth-order valence-electron chi connectivity index (χ4n) is 3.43. The van der Waals surface area contributed by atoms with Gasteiger partial charge in [-0.15, -0.1) is 21.5 Å². The number of nitrogens with one attached hydrogen (secondary N) is 1. The van der Waals surface area contributed by atoms with Crippen LogP contribution >= 0.6 is 23.1 Å². The maximum absolute atomic E-state index is 12.4. The molecule has 4 aromatic rings. The van der Waals surface area contributed by atoms with Gasteiger partial charge in [0.05, 0.1) is 18.6 Å². The van der Waals surface area contributed by atoms with Crippen LogP contribution in [-0.2, 0) is 12.2 Å². The Bertz CT molecular complexity index is 1260. The van der Waals surface area contributed by atoms with E-state index in [-0.39, 0.29) is 5.91 Å². The Morgan fingerprint density at radius 1 is 1.11 bits per heavy atom. The number of aromatic nitrogens is 4. The van der Waals surface area contributed by atoms with Gasteiger partial charge in [-0.3, -0.25) is 9.36 Å². The quantitative estimate of drug-likeness (QED) is 0.308. The molecule has 0 aliphatic heterocycles. The lowest BCUT2D eigenvalue weighted by Gasteiger charge is -2.13. The first-order chi connectivity index (χ1) is 17.0. The highest BCUT2D eigenvalue weighted by molar-refractivity contribution is 7.98. The number of thiazole rings is 1. The molecule has 0 spiro atoms. The topological polar surface area (TPSA) is 85.2 Å². The van der Waals surface area contributed by atoms with Crippen molar-refractivity contribution in [3.63, 3.8) is 0 Å². The average molecular weight is 509 g/mol. The summed E-state index contributed by atoms with van der Waals surface area (Å²) in [5, 5.41) is 15.3. The second-order valence-electron chi connectivity index (χ2n) is 8.04. The van der Waals surface area contributed by atoms with E-state index in [0.717, 1.165) is 39.5 Å². The van der Waals surface area contributed by atoms with Gasteiger partial charge in [-0.1, -0.05) is 54.2 Å². The molecule has 0 saturated heterocycles. The van der Waals surface area contributed by atoms with Gasteiger partial charge in [0.2, 0.25) is 0 Å². The summed E-state index contributed by atoms with van der Waals surface area (Å²) in [6.07, 6.45) is 0.640. The van der Waals surface area contributed by atoms with E-state index in [0.29, 0.717) is 24.4 Å². The number of methoxy groups -OCH3 is 1. The molecule has 0 aliphatic carbocycles. The minimum absolute atomic E-state index is 0.151. The summed E-state index contributed by atoms with van der Waals surface area (Å²) in [6.45, 7) is 1.36. The monoisotopic (exact) mass is 508 g/mol. The van der Waals surface area contributed by atoms with Crippen molar-refractivity contribution in [1.82, 2.24) is 30.0 Å². The number of benzene rings is 2. The Morgan fingerprint density at radius 2 is 1.89 bits per heavy atom. The van der Waals surface area contributed by atoms with Gasteiger partial charge in [-0.2, -0.15) is 0 Å². The highest BCUT2D eigenvalue weighted by atomic mass is 32.2. The average Bonchev–Trinajstić information content (AvgIpc) is 3.50. The first-order valence-electron chi connectivity index (χ1n) is 11.2. The molecule has 0 atom stereocenters. The first-order valence-corrected chi connectivity index (χ1v) is 13.0. The molecular formula is C25H28N6O2S2. The number of nitrogens with zero attached hydrogens (tertiary/aromatic N) is 5. The maximum Gasteiger partial charge on any atom is 0.270 e. The van der Waals surface area contributed by atoms with Crippen LogP contribution in [0.5, 0.6) is 5.75 Å². The number of hydrogen-bond acceptors (Lipinski definition) is 8. The number of ether oxygens (including phenoxy) is 1. The van der Waals surface area contributed by atoms with E-state index in [4.69, 9.17) is 4.74 Å². The van der Waals surface area contributed by atoms with Crippen molar-refractivity contribution in [3.05, 3.63) is 82.1 Å². The van der Waals surface area contributed by atoms with Crippen molar-refractivity contribution in [3.8, 4) is 11.4 Å². The van der Waals surface area contributed by atoms with Crippen LogP contribution in [-0.4, -0.2) is 64.9 Å². The van der Waals surface area contributed by atoms with Gasteiger partial charge >= 0.3 is 0 Å². The molecule has 0 radical (unpaired) electrons. The predicted molar refractivity (Wildman–Crippen MR) is 140 cm³/mol. The zero-order chi connectivity index (χ0) is 24.6. The normalized spacial score (nSPS) is 11.1. The summed E-state index contributed by atoms with van der Waals surface area (Å²) in [7, 11) is 5.60. The fraction of sp³-hybridized carbons (Fsp3) is 0.280. The molecule has 1 amide bonds. The molecule has 2 aromatic heterocycles. The van der Waals surface area contributed by atoms with Crippen molar-refractivity contribution < 1.29 is 9.53 Å². The minimum atomic E-state index is -0.151. The highest BCUT2D eigenvalue weighted by Crippen LogP contribution is 2.31. The summed E-state index contributed by atoms with van der Waals surface area (Å²) >= 11 is 3.01. The molecule has 182 valence electrons. The van der Waals surface area contributed by atoms with Crippen LogP contribution in [0.25, 0.3) is 5.69 Å². The first kappa shape index (κ1) is 24.9. The van der Waals surface area contributed by atoms with Gasteiger partial charge in [0, 0.05) is 24.9 Å². The summed E-state index contributed by atoms with van der Waals surface area (Å²) in [5.41, 5.74) is 2.48. The van der Waals surface area contributed by atoms with Gasteiger partial charge in [-0.25, -0.2) is 4.98 Å². The number of rotatable bonds is 11. The number of carbonyl (C=O) groups excluding carboxylic acids is 1. The lowest BCUT2D eigenvalue weighted by molar-refractivity contribution is 0.0946. The molecule has 4 rings (SSSR count). The Morgan fingerprint density at radius 3 is 2.66 bits per heavy atom. The van der Waals surface area contributed by atoms with E-state index in [1.165, 1.54) is 23.1 Å². The summed E-state index contributed by atoms with van der Waals surface area (Å²) < 4.78 is 7.67. The largest absolute Gasteiger partial charge is 0.495 e. The van der Waals surface area contributed by atoms with Crippen LogP contribution in [0, 0.1) is 0 Å². The highest BCUT2D eigenvalue weighted by Gasteiger charge is 2.19. The maximum atomic E-state index is 12.4. The van der Waals surface area contributed by atoms with Crippen LogP contribution in [0.3, 0.4) is 0 Å². The number of hydrogen-bond donors (Lipinski definition) is 1. The molecule has 0 saturated carbocycles. The van der Waals surface area contributed by atoms with Crippen molar-refractivity contribution in [2.45, 2.75) is 17.3 Å². The second-order valence-corrected chi connectivity index (χ2v) is 9.93. The van der Waals surface area contributed by atoms with Crippen LogP contribution in [0.2, 0.25) is 0 Å². The molecule has 0 unspecified atom stereocenters. The molecule has 10 heteroatoms. The molecule has 2 heterocycles. The minimum Gasteiger partial charge on any atom is -0.495 e. The summed E-state index contributed by atoms with van der Waals surface area (Å²) in [6, 6.07) is 18.0. The van der Waals surface area contributed by atoms with E-state index < -0.39 is 0 Å². The van der Waals surface area contributed by atoms with Gasteiger partial charge < -0.3 is 15.0 Å². The number of carbonyl (C=O) groups is 1. The van der Waals surface area contributed by atoms with Crippen molar-refractivity contribution in [2.24, 2.45) is 0 Å². The molecule has 0 fully saturated rings. The van der Waals surface area contributed by atoms with Crippen LogP contribution in [0.1, 0.15) is 26.9 Å². The third-order valence-corrected chi connectivity index (χ3v) is 7.16.